The number of likely N-dealkylation sites (tertiary alicyclic amines) is 1. The van der Waals surface area contributed by atoms with E-state index in [1.165, 1.54) is 0 Å². The molecular weight excluding hydrogens is 288 g/mol. The van der Waals surface area contributed by atoms with Crippen LogP contribution < -0.4 is 5.73 Å². The Hall–Kier alpha value is -1.10. The molecule has 2 N–H and O–H groups in total. The van der Waals surface area contributed by atoms with Crippen molar-refractivity contribution >= 4 is 18.3 Å². The van der Waals surface area contributed by atoms with Gasteiger partial charge >= 0.3 is 0 Å². The van der Waals surface area contributed by atoms with Gasteiger partial charge in [0.25, 0.3) is 0 Å². The lowest BCUT2D eigenvalue weighted by atomic mass is 9.91. The fourth-order valence-electron chi connectivity index (χ4n) is 2.60. The molecule has 2 rings (SSSR count). The summed E-state index contributed by atoms with van der Waals surface area (Å²) in [6.45, 7) is 4.31. The quantitative estimate of drug-likeness (QED) is 0.907. The van der Waals surface area contributed by atoms with E-state index in [-0.39, 0.29) is 31.0 Å². The molecule has 1 aromatic rings. The molecule has 5 heteroatoms. The summed E-state index contributed by atoms with van der Waals surface area (Å²) < 4.78 is 5.49. The first-order valence-electron chi connectivity index (χ1n) is 7.32. The topological polar surface area (TPSA) is 55.6 Å². The van der Waals surface area contributed by atoms with Crippen molar-refractivity contribution in [2.45, 2.75) is 32.4 Å². The van der Waals surface area contributed by atoms with Gasteiger partial charge in [0.15, 0.2) is 0 Å². The number of carbonyl (C=O) groups excluding carboxylic acids is 1. The van der Waals surface area contributed by atoms with Gasteiger partial charge in [-0.25, -0.2) is 0 Å². The largest absolute Gasteiger partial charge is 0.367 e. The fraction of sp³-hybridized carbons (Fsp3) is 0.562. The molecule has 1 heterocycles. The van der Waals surface area contributed by atoms with Crippen LogP contribution in [0.1, 0.15) is 25.3 Å². The molecule has 1 aromatic carbocycles. The maximum Gasteiger partial charge on any atom is 0.248 e. The highest BCUT2D eigenvalue weighted by Crippen LogP contribution is 2.19. The van der Waals surface area contributed by atoms with Crippen molar-refractivity contribution in [3.8, 4) is 0 Å². The van der Waals surface area contributed by atoms with Crippen LogP contribution in [0.2, 0.25) is 0 Å². The Kier molecular flexibility index (Phi) is 7.72. The second kappa shape index (κ2) is 9.03. The van der Waals surface area contributed by atoms with Crippen molar-refractivity contribution in [2.75, 3.05) is 19.7 Å². The van der Waals surface area contributed by atoms with Crippen molar-refractivity contribution in [1.82, 2.24) is 4.90 Å². The first-order valence-corrected chi connectivity index (χ1v) is 7.32. The van der Waals surface area contributed by atoms with Crippen LogP contribution in [0.5, 0.6) is 0 Å². The number of piperidine rings is 1. The predicted octanol–water partition coefficient (Wildman–Crippen LogP) is 2.21. The van der Waals surface area contributed by atoms with Gasteiger partial charge in [0.2, 0.25) is 5.91 Å². The van der Waals surface area contributed by atoms with Gasteiger partial charge in [-0.1, -0.05) is 30.3 Å². The normalized spacial score (nSPS) is 17.1. The SMILES string of the molecule is CC(N)C1CCN(C(=O)COCc2ccccc2)CC1.Cl. The van der Waals surface area contributed by atoms with Crippen LogP contribution in [0.25, 0.3) is 0 Å². The Labute approximate surface area is 133 Å². The van der Waals surface area contributed by atoms with Crippen LogP contribution in [0, 0.1) is 5.92 Å². The lowest BCUT2D eigenvalue weighted by Crippen LogP contribution is -2.43. The van der Waals surface area contributed by atoms with Gasteiger partial charge in [-0.2, -0.15) is 0 Å². The molecule has 118 valence electrons. The molecule has 1 aliphatic heterocycles. The Morgan fingerprint density at radius 1 is 1.33 bits per heavy atom. The van der Waals surface area contributed by atoms with E-state index in [2.05, 4.69) is 0 Å². The summed E-state index contributed by atoms with van der Waals surface area (Å²) in [5.41, 5.74) is 7.00. The van der Waals surface area contributed by atoms with E-state index >= 15 is 0 Å². The van der Waals surface area contributed by atoms with Crippen molar-refractivity contribution in [2.24, 2.45) is 11.7 Å². The number of amides is 1. The molecule has 0 bridgehead atoms. The van der Waals surface area contributed by atoms with Crippen molar-refractivity contribution in [3.05, 3.63) is 35.9 Å². The van der Waals surface area contributed by atoms with Crippen LogP contribution in [0.4, 0.5) is 0 Å². The minimum atomic E-state index is 0. The highest BCUT2D eigenvalue weighted by Gasteiger charge is 2.24. The van der Waals surface area contributed by atoms with Gasteiger partial charge in [-0.05, 0) is 31.2 Å². The minimum absolute atomic E-state index is 0. The molecule has 1 atom stereocenters. The molecule has 1 saturated heterocycles. The van der Waals surface area contributed by atoms with E-state index < -0.39 is 0 Å². The summed E-state index contributed by atoms with van der Waals surface area (Å²) in [5.74, 6) is 0.633. The van der Waals surface area contributed by atoms with Gasteiger partial charge in [-0.15, -0.1) is 12.4 Å². The van der Waals surface area contributed by atoms with Crippen molar-refractivity contribution < 1.29 is 9.53 Å². The van der Waals surface area contributed by atoms with E-state index in [0.29, 0.717) is 12.5 Å². The molecule has 1 aliphatic rings. The van der Waals surface area contributed by atoms with Crippen LogP contribution in [0.15, 0.2) is 30.3 Å². The molecule has 1 unspecified atom stereocenters. The number of carbonyl (C=O) groups is 1. The molecule has 0 spiro atoms. The smallest absolute Gasteiger partial charge is 0.248 e. The van der Waals surface area contributed by atoms with Gasteiger partial charge < -0.3 is 15.4 Å². The lowest BCUT2D eigenvalue weighted by Gasteiger charge is -2.33. The summed E-state index contributed by atoms with van der Waals surface area (Å²) in [6.07, 6.45) is 2.00. The number of nitrogens with zero attached hydrogens (tertiary/aromatic N) is 1. The Morgan fingerprint density at radius 3 is 2.52 bits per heavy atom. The molecule has 1 amide bonds. The van der Waals surface area contributed by atoms with Gasteiger partial charge in [0.1, 0.15) is 6.61 Å². The minimum Gasteiger partial charge on any atom is -0.367 e. The summed E-state index contributed by atoms with van der Waals surface area (Å²) in [5, 5.41) is 0. The van der Waals surface area contributed by atoms with Gasteiger partial charge in [-0.3, -0.25) is 4.79 Å². The summed E-state index contributed by atoms with van der Waals surface area (Å²) in [6, 6.07) is 10.1. The average Bonchev–Trinajstić information content (AvgIpc) is 2.48. The van der Waals surface area contributed by atoms with Crippen LogP contribution in [-0.2, 0) is 16.1 Å². The first-order chi connectivity index (χ1) is 9.66. The number of benzene rings is 1. The molecule has 4 nitrogen and oxygen atoms in total. The number of nitrogens with two attached hydrogens (primary N) is 1. The number of hydrogen-bond acceptors (Lipinski definition) is 3. The number of rotatable bonds is 5. The van der Waals surface area contributed by atoms with E-state index in [0.717, 1.165) is 31.5 Å². The standard InChI is InChI=1S/C16H24N2O2.ClH/c1-13(17)15-7-9-18(10-8-15)16(19)12-20-11-14-5-3-2-4-6-14;/h2-6,13,15H,7-12,17H2,1H3;1H. The Bertz CT molecular complexity index is 418. The zero-order chi connectivity index (χ0) is 14.4. The number of ether oxygens (including phenoxy) is 1. The number of hydrogen-bond donors (Lipinski definition) is 1. The summed E-state index contributed by atoms with van der Waals surface area (Å²) in [7, 11) is 0. The highest BCUT2D eigenvalue weighted by atomic mass is 35.5. The molecule has 0 aromatic heterocycles. The third kappa shape index (κ3) is 5.65. The average molecular weight is 313 g/mol. The first kappa shape index (κ1) is 18.0. The van der Waals surface area contributed by atoms with Crippen LogP contribution >= 0.6 is 12.4 Å². The second-order valence-electron chi connectivity index (χ2n) is 5.56. The summed E-state index contributed by atoms with van der Waals surface area (Å²) >= 11 is 0. The van der Waals surface area contributed by atoms with E-state index in [1.54, 1.807) is 0 Å². The van der Waals surface area contributed by atoms with E-state index in [4.69, 9.17) is 10.5 Å². The van der Waals surface area contributed by atoms with Crippen molar-refractivity contribution in [1.29, 1.82) is 0 Å². The zero-order valence-electron chi connectivity index (χ0n) is 12.5. The second-order valence-corrected chi connectivity index (χ2v) is 5.56. The maximum absolute atomic E-state index is 12.0. The van der Waals surface area contributed by atoms with Gasteiger partial charge in [0.05, 0.1) is 6.61 Å². The molecule has 0 aliphatic carbocycles. The fourth-order valence-corrected chi connectivity index (χ4v) is 2.60. The summed E-state index contributed by atoms with van der Waals surface area (Å²) in [4.78, 5) is 13.9. The molecule has 1 fully saturated rings. The third-order valence-corrected chi connectivity index (χ3v) is 3.97. The highest BCUT2D eigenvalue weighted by molar-refractivity contribution is 5.85. The van der Waals surface area contributed by atoms with Crippen LogP contribution in [0.3, 0.4) is 0 Å². The maximum atomic E-state index is 12.0. The van der Waals surface area contributed by atoms with Gasteiger partial charge in [0, 0.05) is 19.1 Å². The molecule has 0 saturated carbocycles. The monoisotopic (exact) mass is 312 g/mol. The van der Waals surface area contributed by atoms with E-state index in [1.807, 2.05) is 42.2 Å². The molecular formula is C16H25ClN2O2. The van der Waals surface area contributed by atoms with Crippen molar-refractivity contribution in [3.63, 3.8) is 0 Å². The van der Waals surface area contributed by atoms with Crippen LogP contribution in [-0.4, -0.2) is 36.5 Å². The zero-order valence-corrected chi connectivity index (χ0v) is 13.3. The Morgan fingerprint density at radius 2 is 1.95 bits per heavy atom. The van der Waals surface area contributed by atoms with E-state index in [9.17, 15) is 4.79 Å². The lowest BCUT2D eigenvalue weighted by molar-refractivity contribution is -0.138. The predicted molar refractivity (Wildman–Crippen MR) is 86.3 cm³/mol. The molecule has 0 radical (unpaired) electrons. The third-order valence-electron chi connectivity index (χ3n) is 3.97. The number of halogens is 1. The molecule has 21 heavy (non-hydrogen) atoms. The Balaban J connectivity index is 0.00000220.